The third-order valence-electron chi connectivity index (χ3n) is 4.20. The molecule has 3 rings (SSSR count). The maximum absolute atomic E-state index is 12.0. The molecule has 0 aliphatic carbocycles. The van der Waals surface area contributed by atoms with Crippen LogP contribution in [0, 0.1) is 0 Å². The van der Waals surface area contributed by atoms with Crippen molar-refractivity contribution < 1.29 is 24.2 Å². The monoisotopic (exact) mass is 404 g/mol. The molecule has 3 aromatic carbocycles. The number of carbonyl (C=O) groups is 2. The highest BCUT2D eigenvalue weighted by atomic mass is 16.5. The Morgan fingerprint density at radius 3 is 2.37 bits per heavy atom. The summed E-state index contributed by atoms with van der Waals surface area (Å²) in [6.45, 7) is 0.261. The standard InChI is InChI=1S/C23H20N2O5/c1-29-21-13-17(14-24-25-22(26)18-5-3-2-4-6-18)9-12-20(21)30-15-16-7-10-19(11-8-16)23(27)28/h2-14H,15H2,1H3,(H,25,26)(H,27,28)/b24-14-. The number of benzene rings is 3. The zero-order valence-electron chi connectivity index (χ0n) is 16.2. The fraction of sp³-hybridized carbons (Fsp3) is 0.0870. The highest BCUT2D eigenvalue weighted by Gasteiger charge is 2.07. The van der Waals surface area contributed by atoms with Crippen LogP contribution in [0.3, 0.4) is 0 Å². The lowest BCUT2D eigenvalue weighted by Crippen LogP contribution is -2.17. The van der Waals surface area contributed by atoms with Crippen LogP contribution >= 0.6 is 0 Å². The second-order valence-electron chi connectivity index (χ2n) is 6.27. The number of rotatable bonds is 8. The minimum atomic E-state index is -0.971. The van der Waals surface area contributed by atoms with Crippen LogP contribution in [-0.4, -0.2) is 30.3 Å². The normalized spacial score (nSPS) is 10.6. The molecule has 152 valence electrons. The molecule has 1 amide bonds. The van der Waals surface area contributed by atoms with Gasteiger partial charge in [0.25, 0.3) is 5.91 Å². The molecule has 0 heterocycles. The van der Waals surface area contributed by atoms with Crippen LogP contribution in [0.25, 0.3) is 0 Å². The Bertz CT molecular complexity index is 1050. The van der Waals surface area contributed by atoms with E-state index in [4.69, 9.17) is 14.6 Å². The third kappa shape index (κ3) is 5.45. The van der Waals surface area contributed by atoms with Crippen molar-refractivity contribution in [2.45, 2.75) is 6.61 Å². The maximum Gasteiger partial charge on any atom is 0.335 e. The molecule has 0 aliphatic rings. The Morgan fingerprint density at radius 2 is 1.70 bits per heavy atom. The Kier molecular flexibility index (Phi) is 6.78. The molecular weight excluding hydrogens is 384 g/mol. The van der Waals surface area contributed by atoms with Gasteiger partial charge < -0.3 is 14.6 Å². The lowest BCUT2D eigenvalue weighted by molar-refractivity contribution is 0.0696. The van der Waals surface area contributed by atoms with E-state index in [1.807, 2.05) is 6.07 Å². The smallest absolute Gasteiger partial charge is 0.335 e. The van der Waals surface area contributed by atoms with Crippen molar-refractivity contribution in [1.82, 2.24) is 5.43 Å². The molecule has 7 nitrogen and oxygen atoms in total. The fourth-order valence-corrected chi connectivity index (χ4v) is 2.61. The number of ether oxygens (including phenoxy) is 2. The van der Waals surface area contributed by atoms with Gasteiger partial charge in [-0.2, -0.15) is 5.10 Å². The van der Waals surface area contributed by atoms with E-state index >= 15 is 0 Å². The van der Waals surface area contributed by atoms with E-state index in [9.17, 15) is 9.59 Å². The summed E-state index contributed by atoms with van der Waals surface area (Å²) < 4.78 is 11.2. The number of hydrogen-bond donors (Lipinski definition) is 2. The number of aromatic carboxylic acids is 1. The van der Waals surface area contributed by atoms with E-state index in [-0.39, 0.29) is 18.1 Å². The third-order valence-corrected chi connectivity index (χ3v) is 4.20. The van der Waals surface area contributed by atoms with Crippen LogP contribution in [0.2, 0.25) is 0 Å². The first-order chi connectivity index (χ1) is 14.6. The molecule has 0 radical (unpaired) electrons. The van der Waals surface area contributed by atoms with Crippen molar-refractivity contribution in [3.63, 3.8) is 0 Å². The molecule has 30 heavy (non-hydrogen) atoms. The molecule has 0 bridgehead atoms. The van der Waals surface area contributed by atoms with Crippen molar-refractivity contribution in [3.8, 4) is 11.5 Å². The van der Waals surface area contributed by atoms with Crippen LogP contribution in [0.15, 0.2) is 77.9 Å². The Morgan fingerprint density at radius 1 is 0.967 bits per heavy atom. The number of hydrogen-bond acceptors (Lipinski definition) is 5. The van der Waals surface area contributed by atoms with Gasteiger partial charge in [0, 0.05) is 5.56 Å². The molecule has 0 spiro atoms. The summed E-state index contributed by atoms with van der Waals surface area (Å²) in [5, 5.41) is 12.9. The van der Waals surface area contributed by atoms with Crippen LogP contribution in [0.1, 0.15) is 31.8 Å². The van der Waals surface area contributed by atoms with Gasteiger partial charge in [0.2, 0.25) is 0 Å². The van der Waals surface area contributed by atoms with Crippen LogP contribution < -0.4 is 14.9 Å². The van der Waals surface area contributed by atoms with E-state index < -0.39 is 5.97 Å². The molecule has 7 heteroatoms. The highest BCUT2D eigenvalue weighted by molar-refractivity contribution is 5.94. The minimum absolute atomic E-state index is 0.222. The molecular formula is C23H20N2O5. The highest BCUT2D eigenvalue weighted by Crippen LogP contribution is 2.28. The summed E-state index contributed by atoms with van der Waals surface area (Å²) in [6, 6.07) is 20.5. The van der Waals surface area contributed by atoms with Gasteiger partial charge in [0.05, 0.1) is 18.9 Å². The molecule has 0 saturated heterocycles. The topological polar surface area (TPSA) is 97.2 Å². The van der Waals surface area contributed by atoms with Gasteiger partial charge in [-0.05, 0) is 53.6 Å². The lowest BCUT2D eigenvalue weighted by atomic mass is 10.1. The second kappa shape index (κ2) is 9.88. The number of amides is 1. The molecule has 0 fully saturated rings. The average Bonchev–Trinajstić information content (AvgIpc) is 2.78. The summed E-state index contributed by atoms with van der Waals surface area (Å²) in [4.78, 5) is 22.9. The van der Waals surface area contributed by atoms with E-state index in [2.05, 4.69) is 10.5 Å². The first-order valence-corrected chi connectivity index (χ1v) is 9.08. The molecule has 2 N–H and O–H groups in total. The second-order valence-corrected chi connectivity index (χ2v) is 6.27. The molecule has 3 aromatic rings. The molecule has 0 aromatic heterocycles. The van der Waals surface area contributed by atoms with Gasteiger partial charge in [0.1, 0.15) is 6.61 Å². The van der Waals surface area contributed by atoms with E-state index in [0.717, 1.165) is 11.1 Å². The Balaban J connectivity index is 1.61. The predicted octanol–water partition coefficient (Wildman–Crippen LogP) is 3.74. The van der Waals surface area contributed by atoms with Crippen LogP contribution in [-0.2, 0) is 6.61 Å². The first-order valence-electron chi connectivity index (χ1n) is 9.08. The number of carboxylic acid groups (broad SMARTS) is 1. The van der Waals surface area contributed by atoms with Crippen LogP contribution in [0.4, 0.5) is 0 Å². The van der Waals surface area contributed by atoms with E-state index in [0.29, 0.717) is 17.1 Å². The Hall–Kier alpha value is -4.13. The number of carbonyl (C=O) groups excluding carboxylic acids is 1. The maximum atomic E-state index is 12.0. The van der Waals surface area contributed by atoms with Crippen molar-refractivity contribution >= 4 is 18.1 Å². The fourth-order valence-electron chi connectivity index (χ4n) is 2.61. The zero-order chi connectivity index (χ0) is 21.3. The summed E-state index contributed by atoms with van der Waals surface area (Å²) >= 11 is 0. The van der Waals surface area contributed by atoms with Crippen molar-refractivity contribution in [2.24, 2.45) is 5.10 Å². The van der Waals surface area contributed by atoms with Gasteiger partial charge in [-0.3, -0.25) is 4.79 Å². The number of methoxy groups -OCH3 is 1. The van der Waals surface area contributed by atoms with Gasteiger partial charge in [0.15, 0.2) is 11.5 Å². The number of nitrogens with one attached hydrogen (secondary N) is 1. The molecule has 0 atom stereocenters. The van der Waals surface area contributed by atoms with E-state index in [1.54, 1.807) is 54.6 Å². The predicted molar refractivity (Wildman–Crippen MR) is 112 cm³/mol. The summed E-state index contributed by atoms with van der Waals surface area (Å²) in [5.74, 6) is -0.227. The lowest BCUT2D eigenvalue weighted by Gasteiger charge is -2.11. The van der Waals surface area contributed by atoms with E-state index in [1.165, 1.54) is 25.5 Å². The quantitative estimate of drug-likeness (QED) is 0.440. The molecule has 0 aliphatic heterocycles. The van der Waals surface area contributed by atoms with Crippen molar-refractivity contribution in [1.29, 1.82) is 0 Å². The first kappa shape index (κ1) is 20.6. The van der Waals surface area contributed by atoms with Crippen LogP contribution in [0.5, 0.6) is 11.5 Å². The van der Waals surface area contributed by atoms with Gasteiger partial charge in [-0.15, -0.1) is 0 Å². The minimum Gasteiger partial charge on any atom is -0.493 e. The zero-order valence-corrected chi connectivity index (χ0v) is 16.2. The number of nitrogens with zero attached hydrogens (tertiary/aromatic N) is 1. The average molecular weight is 404 g/mol. The number of carboxylic acids is 1. The van der Waals surface area contributed by atoms with Crippen molar-refractivity contribution in [3.05, 3.63) is 95.1 Å². The van der Waals surface area contributed by atoms with Gasteiger partial charge in [-0.25, -0.2) is 10.2 Å². The summed E-state index contributed by atoms with van der Waals surface area (Å²) in [7, 11) is 1.53. The summed E-state index contributed by atoms with van der Waals surface area (Å²) in [5.41, 5.74) is 4.77. The number of hydrazone groups is 1. The SMILES string of the molecule is COc1cc(/C=N\NC(=O)c2ccccc2)ccc1OCc1ccc(C(=O)O)cc1. The largest absolute Gasteiger partial charge is 0.493 e. The molecule has 0 unspecified atom stereocenters. The Labute approximate surface area is 173 Å². The molecule has 0 saturated carbocycles. The summed E-state index contributed by atoms with van der Waals surface area (Å²) in [6.07, 6.45) is 1.51. The van der Waals surface area contributed by atoms with Gasteiger partial charge in [-0.1, -0.05) is 30.3 Å². The van der Waals surface area contributed by atoms with Gasteiger partial charge >= 0.3 is 5.97 Å². The van der Waals surface area contributed by atoms with Crippen molar-refractivity contribution in [2.75, 3.05) is 7.11 Å².